The maximum absolute atomic E-state index is 9.27. The standard InChI is InChI=1S/C14H15ClN2O/c1-9-6-10(2)13(12(15)7-9)17-14-11(8-18)4-3-5-16-14/h3-7,18H,8H2,1-2H3,(H,16,17). The number of hydrogen-bond acceptors (Lipinski definition) is 3. The van der Waals surface area contributed by atoms with E-state index in [0.29, 0.717) is 10.8 Å². The van der Waals surface area contributed by atoms with E-state index in [1.165, 1.54) is 0 Å². The van der Waals surface area contributed by atoms with Crippen molar-refractivity contribution in [2.45, 2.75) is 20.5 Å². The number of nitrogens with zero attached hydrogens (tertiary/aromatic N) is 1. The molecule has 0 bridgehead atoms. The highest BCUT2D eigenvalue weighted by Gasteiger charge is 2.08. The van der Waals surface area contributed by atoms with E-state index in [-0.39, 0.29) is 6.61 Å². The van der Waals surface area contributed by atoms with Gasteiger partial charge in [-0.3, -0.25) is 0 Å². The first-order chi connectivity index (χ1) is 8.61. The third-order valence-corrected chi connectivity index (χ3v) is 3.03. The van der Waals surface area contributed by atoms with Crippen molar-refractivity contribution in [2.75, 3.05) is 5.32 Å². The molecule has 0 radical (unpaired) electrons. The molecule has 3 nitrogen and oxygen atoms in total. The van der Waals surface area contributed by atoms with Gasteiger partial charge in [0.15, 0.2) is 0 Å². The molecule has 2 aromatic rings. The summed E-state index contributed by atoms with van der Waals surface area (Å²) in [5.41, 5.74) is 3.74. The molecule has 0 atom stereocenters. The molecule has 1 aromatic carbocycles. The molecule has 0 aliphatic heterocycles. The summed E-state index contributed by atoms with van der Waals surface area (Å²) < 4.78 is 0. The minimum Gasteiger partial charge on any atom is -0.392 e. The lowest BCUT2D eigenvalue weighted by atomic mass is 10.1. The number of aliphatic hydroxyl groups is 1. The molecule has 0 amide bonds. The lowest BCUT2D eigenvalue weighted by molar-refractivity contribution is 0.282. The monoisotopic (exact) mass is 262 g/mol. The van der Waals surface area contributed by atoms with Crippen LogP contribution >= 0.6 is 11.6 Å². The Kier molecular flexibility index (Phi) is 3.84. The van der Waals surface area contributed by atoms with Crippen LogP contribution in [0.3, 0.4) is 0 Å². The Morgan fingerprint density at radius 2 is 2.11 bits per heavy atom. The van der Waals surface area contributed by atoms with E-state index in [2.05, 4.69) is 16.4 Å². The van der Waals surface area contributed by atoms with Gasteiger partial charge < -0.3 is 10.4 Å². The van der Waals surface area contributed by atoms with Gasteiger partial charge in [0, 0.05) is 11.8 Å². The molecule has 4 heteroatoms. The molecular weight excluding hydrogens is 248 g/mol. The van der Waals surface area contributed by atoms with E-state index >= 15 is 0 Å². The summed E-state index contributed by atoms with van der Waals surface area (Å²) in [7, 11) is 0. The van der Waals surface area contributed by atoms with Crippen LogP contribution in [0.25, 0.3) is 0 Å². The molecule has 2 N–H and O–H groups in total. The fraction of sp³-hybridized carbons (Fsp3) is 0.214. The van der Waals surface area contributed by atoms with Crippen LogP contribution in [-0.4, -0.2) is 10.1 Å². The Balaban J connectivity index is 2.40. The second-order valence-corrected chi connectivity index (χ2v) is 4.64. The Bertz CT molecular complexity index is 546. The predicted molar refractivity (Wildman–Crippen MR) is 74.4 cm³/mol. The number of benzene rings is 1. The number of rotatable bonds is 3. The Labute approximate surface area is 111 Å². The number of aromatic nitrogens is 1. The first-order valence-corrected chi connectivity index (χ1v) is 6.08. The predicted octanol–water partition coefficient (Wildman–Crippen LogP) is 3.59. The zero-order valence-corrected chi connectivity index (χ0v) is 11.1. The van der Waals surface area contributed by atoms with Gasteiger partial charge in [-0.15, -0.1) is 0 Å². The quantitative estimate of drug-likeness (QED) is 0.889. The summed E-state index contributed by atoms with van der Waals surface area (Å²) in [5.74, 6) is 0.633. The number of aryl methyl sites for hydroxylation is 2. The summed E-state index contributed by atoms with van der Waals surface area (Å²) in [6.45, 7) is 3.93. The molecule has 0 unspecified atom stereocenters. The molecule has 1 aromatic heterocycles. The van der Waals surface area contributed by atoms with Gasteiger partial charge in [0.05, 0.1) is 17.3 Å². The van der Waals surface area contributed by atoms with Gasteiger partial charge in [-0.25, -0.2) is 4.98 Å². The molecule has 0 saturated carbocycles. The van der Waals surface area contributed by atoms with Crippen LogP contribution in [0.5, 0.6) is 0 Å². The van der Waals surface area contributed by atoms with Crippen molar-refractivity contribution in [3.8, 4) is 0 Å². The van der Waals surface area contributed by atoms with E-state index in [1.807, 2.05) is 26.0 Å². The normalized spacial score (nSPS) is 10.4. The maximum Gasteiger partial charge on any atom is 0.135 e. The minimum absolute atomic E-state index is 0.0568. The van der Waals surface area contributed by atoms with Crippen LogP contribution in [0.4, 0.5) is 11.5 Å². The highest BCUT2D eigenvalue weighted by molar-refractivity contribution is 6.33. The minimum atomic E-state index is -0.0568. The largest absolute Gasteiger partial charge is 0.392 e. The van der Waals surface area contributed by atoms with Crippen LogP contribution in [0.2, 0.25) is 5.02 Å². The van der Waals surface area contributed by atoms with Crippen LogP contribution in [0, 0.1) is 13.8 Å². The molecule has 0 aliphatic rings. The molecule has 94 valence electrons. The van der Waals surface area contributed by atoms with E-state index in [1.54, 1.807) is 12.3 Å². The summed E-state index contributed by atoms with van der Waals surface area (Å²) in [5, 5.41) is 13.1. The highest BCUT2D eigenvalue weighted by Crippen LogP contribution is 2.30. The summed E-state index contributed by atoms with van der Waals surface area (Å²) >= 11 is 6.23. The number of halogens is 1. The fourth-order valence-corrected chi connectivity index (χ4v) is 2.24. The van der Waals surface area contributed by atoms with Crippen LogP contribution in [0.15, 0.2) is 30.5 Å². The average Bonchev–Trinajstić information content (AvgIpc) is 2.34. The molecular formula is C14H15ClN2O. The average molecular weight is 263 g/mol. The first-order valence-electron chi connectivity index (χ1n) is 5.70. The number of hydrogen-bond donors (Lipinski definition) is 2. The SMILES string of the molecule is Cc1cc(C)c(Nc2ncccc2CO)c(Cl)c1. The summed E-state index contributed by atoms with van der Waals surface area (Å²) in [4.78, 5) is 4.22. The Hall–Kier alpha value is -1.58. The lowest BCUT2D eigenvalue weighted by Crippen LogP contribution is -2.01. The molecule has 0 saturated heterocycles. The van der Waals surface area contributed by atoms with Gasteiger partial charge in [-0.2, -0.15) is 0 Å². The molecule has 0 fully saturated rings. The van der Waals surface area contributed by atoms with Gasteiger partial charge in [0.25, 0.3) is 0 Å². The number of aliphatic hydroxyl groups excluding tert-OH is 1. The number of nitrogens with one attached hydrogen (secondary N) is 1. The second kappa shape index (κ2) is 5.38. The lowest BCUT2D eigenvalue weighted by Gasteiger charge is -2.14. The zero-order chi connectivity index (χ0) is 13.1. The van der Waals surface area contributed by atoms with Crippen LogP contribution < -0.4 is 5.32 Å². The highest BCUT2D eigenvalue weighted by atomic mass is 35.5. The Morgan fingerprint density at radius 1 is 1.33 bits per heavy atom. The number of anilines is 2. The Morgan fingerprint density at radius 3 is 2.78 bits per heavy atom. The fourth-order valence-electron chi connectivity index (χ4n) is 1.87. The van der Waals surface area contributed by atoms with Gasteiger partial charge in [0.1, 0.15) is 5.82 Å². The first kappa shape index (κ1) is 12.9. The van der Waals surface area contributed by atoms with Crippen molar-refractivity contribution in [1.29, 1.82) is 0 Å². The van der Waals surface area contributed by atoms with Crippen molar-refractivity contribution in [3.63, 3.8) is 0 Å². The van der Waals surface area contributed by atoms with Crippen molar-refractivity contribution < 1.29 is 5.11 Å². The summed E-state index contributed by atoms with van der Waals surface area (Å²) in [6.07, 6.45) is 1.68. The number of pyridine rings is 1. The topological polar surface area (TPSA) is 45.2 Å². The third kappa shape index (κ3) is 2.63. The van der Waals surface area contributed by atoms with Gasteiger partial charge >= 0.3 is 0 Å². The van der Waals surface area contributed by atoms with Crippen LogP contribution in [-0.2, 0) is 6.61 Å². The van der Waals surface area contributed by atoms with Crippen molar-refractivity contribution in [2.24, 2.45) is 0 Å². The molecule has 18 heavy (non-hydrogen) atoms. The van der Waals surface area contributed by atoms with E-state index < -0.39 is 0 Å². The maximum atomic E-state index is 9.27. The summed E-state index contributed by atoms with van der Waals surface area (Å²) in [6, 6.07) is 7.57. The van der Waals surface area contributed by atoms with Crippen molar-refractivity contribution in [1.82, 2.24) is 4.98 Å². The van der Waals surface area contributed by atoms with E-state index in [0.717, 1.165) is 22.4 Å². The third-order valence-electron chi connectivity index (χ3n) is 2.74. The van der Waals surface area contributed by atoms with Crippen molar-refractivity contribution in [3.05, 3.63) is 52.2 Å². The zero-order valence-electron chi connectivity index (χ0n) is 10.4. The van der Waals surface area contributed by atoms with E-state index in [9.17, 15) is 5.11 Å². The molecule has 0 spiro atoms. The smallest absolute Gasteiger partial charge is 0.135 e. The molecule has 2 rings (SSSR count). The van der Waals surface area contributed by atoms with Crippen molar-refractivity contribution >= 4 is 23.1 Å². The molecule has 0 aliphatic carbocycles. The second-order valence-electron chi connectivity index (χ2n) is 4.23. The van der Waals surface area contributed by atoms with Gasteiger partial charge in [-0.1, -0.05) is 23.7 Å². The van der Waals surface area contributed by atoms with Crippen LogP contribution in [0.1, 0.15) is 16.7 Å². The van der Waals surface area contributed by atoms with Gasteiger partial charge in [-0.05, 0) is 37.1 Å². The van der Waals surface area contributed by atoms with Gasteiger partial charge in [0.2, 0.25) is 0 Å². The molecule has 1 heterocycles. The van der Waals surface area contributed by atoms with E-state index in [4.69, 9.17) is 11.6 Å².